The molecule has 252 valence electrons. The number of para-hydroxylation sites is 1. The third-order valence-corrected chi connectivity index (χ3v) is 10.1. The molecule has 2 atom stereocenters. The molecule has 1 heterocycles. The van der Waals surface area contributed by atoms with Crippen LogP contribution < -0.4 is 10.1 Å². The molecular formula is C38H42ClN3O5S. The fraction of sp³-hybridized carbons (Fsp3) is 0.316. The maximum absolute atomic E-state index is 12.3. The van der Waals surface area contributed by atoms with Crippen molar-refractivity contribution in [3.05, 3.63) is 125 Å². The molecule has 1 fully saturated rings. The number of thioether (sulfide) groups is 1. The lowest BCUT2D eigenvalue weighted by molar-refractivity contribution is -0.162. The minimum atomic E-state index is -1.41. The molecule has 1 saturated heterocycles. The summed E-state index contributed by atoms with van der Waals surface area (Å²) in [5.74, 6) is -1.25. The molecular weight excluding hydrogens is 646 g/mol. The Morgan fingerprint density at radius 1 is 0.854 bits per heavy atom. The molecule has 2 N–H and O–H groups in total. The molecule has 48 heavy (non-hydrogen) atoms. The molecule has 5 rings (SSSR count). The molecule has 1 aliphatic rings. The second kappa shape index (κ2) is 17.4. The molecule has 0 spiro atoms. The van der Waals surface area contributed by atoms with Crippen LogP contribution in [0.3, 0.4) is 0 Å². The van der Waals surface area contributed by atoms with E-state index in [9.17, 15) is 14.7 Å². The van der Waals surface area contributed by atoms with Crippen molar-refractivity contribution in [2.75, 3.05) is 51.7 Å². The lowest BCUT2D eigenvalue weighted by atomic mass is 9.96. The van der Waals surface area contributed by atoms with Gasteiger partial charge >= 0.3 is 11.9 Å². The zero-order chi connectivity index (χ0) is 33.9. The number of hydrogen-bond donors (Lipinski definition) is 2. The van der Waals surface area contributed by atoms with E-state index in [1.54, 1.807) is 31.4 Å². The number of nitrogens with one attached hydrogen (secondary N) is 1. The van der Waals surface area contributed by atoms with E-state index >= 15 is 0 Å². The van der Waals surface area contributed by atoms with E-state index in [1.807, 2.05) is 18.2 Å². The van der Waals surface area contributed by atoms with E-state index in [0.717, 1.165) is 49.7 Å². The van der Waals surface area contributed by atoms with Gasteiger partial charge in [0, 0.05) is 44.5 Å². The minimum absolute atomic E-state index is 0.232. The Bertz CT molecular complexity index is 1580. The van der Waals surface area contributed by atoms with Crippen LogP contribution in [0.1, 0.15) is 41.3 Å². The van der Waals surface area contributed by atoms with Crippen LogP contribution in [0.5, 0.6) is 5.75 Å². The van der Waals surface area contributed by atoms with Gasteiger partial charge in [-0.05, 0) is 53.9 Å². The summed E-state index contributed by atoms with van der Waals surface area (Å²) in [6.07, 6.45) is -0.502. The van der Waals surface area contributed by atoms with Crippen LogP contribution in [0.4, 0.5) is 5.69 Å². The number of benzene rings is 4. The van der Waals surface area contributed by atoms with E-state index in [1.165, 1.54) is 29.8 Å². The number of nitrogens with zero attached hydrogens (tertiary/aromatic N) is 2. The van der Waals surface area contributed by atoms with E-state index < -0.39 is 23.3 Å². The first kappa shape index (κ1) is 35.3. The first-order valence-corrected chi connectivity index (χ1v) is 17.4. The fourth-order valence-electron chi connectivity index (χ4n) is 6.08. The summed E-state index contributed by atoms with van der Waals surface area (Å²) >= 11 is 7.99. The van der Waals surface area contributed by atoms with Crippen LogP contribution in [-0.2, 0) is 14.3 Å². The predicted molar refractivity (Wildman–Crippen MR) is 192 cm³/mol. The van der Waals surface area contributed by atoms with E-state index in [0.29, 0.717) is 22.9 Å². The molecule has 0 radical (unpaired) electrons. The number of rotatable bonds is 15. The van der Waals surface area contributed by atoms with E-state index in [-0.39, 0.29) is 6.04 Å². The maximum Gasteiger partial charge on any atom is 0.346 e. The number of carbonyl (C=O) groups excluding carboxylic acids is 1. The van der Waals surface area contributed by atoms with Crippen molar-refractivity contribution < 1.29 is 24.2 Å². The number of methoxy groups -OCH3 is 1. The summed E-state index contributed by atoms with van der Waals surface area (Å²) in [6, 6.07) is 34.3. The Morgan fingerprint density at radius 3 is 2.04 bits per heavy atom. The smallest absolute Gasteiger partial charge is 0.346 e. The van der Waals surface area contributed by atoms with Gasteiger partial charge in [0.15, 0.2) is 0 Å². The molecule has 0 aliphatic carbocycles. The molecule has 4 aromatic rings. The van der Waals surface area contributed by atoms with Gasteiger partial charge in [-0.2, -0.15) is 0 Å². The highest BCUT2D eigenvalue weighted by atomic mass is 35.5. The summed E-state index contributed by atoms with van der Waals surface area (Å²) in [5.41, 5.74) is 4.03. The van der Waals surface area contributed by atoms with Crippen molar-refractivity contribution in [2.24, 2.45) is 0 Å². The first-order valence-electron chi connectivity index (χ1n) is 16.1. The van der Waals surface area contributed by atoms with Crippen molar-refractivity contribution >= 4 is 41.0 Å². The molecule has 0 saturated carbocycles. The molecule has 8 nitrogen and oxygen atoms in total. The second-order valence-electron chi connectivity index (χ2n) is 11.7. The maximum atomic E-state index is 12.3. The first-order chi connectivity index (χ1) is 23.3. The van der Waals surface area contributed by atoms with Gasteiger partial charge < -0.3 is 24.8 Å². The van der Waals surface area contributed by atoms with Crippen molar-refractivity contribution in [3.63, 3.8) is 0 Å². The lowest BCUT2D eigenvalue weighted by Crippen LogP contribution is -2.48. The standard InChI is InChI=1S/C38H42ClN3O5S/c1-27(43)47-36(38(44)45)37(30-17-19-31(46-2)20-18-30)48-33-16-9-15-32(39)34(33)40-21-10-22-41-23-25-42(26-24-41)35(28-11-5-3-6-12-28)29-13-7-4-8-14-29/h3-9,11-20,35-37,40H,10,21-26H2,1-2H3,(H,44,45). The molecule has 0 aromatic heterocycles. The van der Waals surface area contributed by atoms with Crippen molar-refractivity contribution in [1.82, 2.24) is 9.80 Å². The average Bonchev–Trinajstić information content (AvgIpc) is 3.10. The number of ether oxygens (including phenoxy) is 2. The predicted octanol–water partition coefficient (Wildman–Crippen LogP) is 7.41. The van der Waals surface area contributed by atoms with Gasteiger partial charge in [-0.1, -0.05) is 90.5 Å². The van der Waals surface area contributed by atoms with Crippen LogP contribution in [0, 0.1) is 0 Å². The highest BCUT2D eigenvalue weighted by Gasteiger charge is 2.34. The number of halogens is 1. The number of carboxylic acid groups (broad SMARTS) is 1. The van der Waals surface area contributed by atoms with Gasteiger partial charge in [0.2, 0.25) is 6.10 Å². The normalized spacial score (nSPS) is 15.1. The van der Waals surface area contributed by atoms with Crippen LogP contribution in [0.2, 0.25) is 5.02 Å². The Balaban J connectivity index is 1.21. The highest BCUT2D eigenvalue weighted by molar-refractivity contribution is 7.99. The fourth-order valence-corrected chi connectivity index (χ4v) is 7.69. The number of hydrogen-bond acceptors (Lipinski definition) is 8. The molecule has 1 aliphatic heterocycles. The van der Waals surface area contributed by atoms with Crippen LogP contribution in [0.15, 0.2) is 108 Å². The average molecular weight is 688 g/mol. The second-order valence-corrected chi connectivity index (χ2v) is 13.3. The quantitative estimate of drug-likeness (QED) is 0.0753. The highest BCUT2D eigenvalue weighted by Crippen LogP contribution is 2.44. The number of piperazine rings is 1. The number of aliphatic carboxylic acids is 1. The zero-order valence-corrected chi connectivity index (χ0v) is 28.8. The van der Waals surface area contributed by atoms with Crippen LogP contribution >= 0.6 is 23.4 Å². The lowest BCUT2D eigenvalue weighted by Gasteiger charge is -2.40. The molecule has 2 unspecified atom stereocenters. The Labute approximate surface area is 292 Å². The molecule has 4 aromatic carbocycles. The topological polar surface area (TPSA) is 91.3 Å². The summed E-state index contributed by atoms with van der Waals surface area (Å²) in [7, 11) is 1.57. The van der Waals surface area contributed by atoms with Crippen molar-refractivity contribution in [3.8, 4) is 5.75 Å². The molecule has 0 amide bonds. The monoisotopic (exact) mass is 687 g/mol. The Hall–Kier alpha value is -4.02. The van der Waals surface area contributed by atoms with Gasteiger partial charge in [0.25, 0.3) is 0 Å². The SMILES string of the molecule is COc1ccc(C(Sc2cccc(Cl)c2NCCCN2CCN(C(c3ccccc3)c3ccccc3)CC2)C(OC(C)=O)C(=O)O)cc1. The Morgan fingerprint density at radius 2 is 1.48 bits per heavy atom. The largest absolute Gasteiger partial charge is 0.497 e. The molecule has 0 bridgehead atoms. The van der Waals surface area contributed by atoms with Gasteiger partial charge in [-0.3, -0.25) is 9.69 Å². The number of anilines is 1. The van der Waals surface area contributed by atoms with Crippen LogP contribution in [0.25, 0.3) is 0 Å². The number of carboxylic acids is 1. The summed E-state index contributed by atoms with van der Waals surface area (Å²) < 4.78 is 10.6. The van der Waals surface area contributed by atoms with Crippen LogP contribution in [-0.4, -0.2) is 79.3 Å². The third kappa shape index (κ3) is 9.32. The summed E-state index contributed by atoms with van der Waals surface area (Å²) in [5, 5.41) is 13.4. The van der Waals surface area contributed by atoms with E-state index in [2.05, 4.69) is 75.8 Å². The molecule has 10 heteroatoms. The van der Waals surface area contributed by atoms with Crippen molar-refractivity contribution in [2.45, 2.75) is 35.6 Å². The van der Waals surface area contributed by atoms with Gasteiger partial charge in [-0.15, -0.1) is 11.8 Å². The van der Waals surface area contributed by atoms with Crippen molar-refractivity contribution in [1.29, 1.82) is 0 Å². The zero-order valence-electron chi connectivity index (χ0n) is 27.3. The van der Waals surface area contributed by atoms with E-state index in [4.69, 9.17) is 21.1 Å². The number of carbonyl (C=O) groups is 2. The van der Waals surface area contributed by atoms with Gasteiger partial charge in [-0.25, -0.2) is 4.79 Å². The third-order valence-electron chi connectivity index (χ3n) is 8.44. The van der Waals surface area contributed by atoms with Gasteiger partial charge in [0.1, 0.15) is 5.75 Å². The number of esters is 1. The summed E-state index contributed by atoms with van der Waals surface area (Å²) in [6.45, 7) is 6.77. The van der Waals surface area contributed by atoms with Gasteiger partial charge in [0.05, 0.1) is 29.1 Å². The summed E-state index contributed by atoms with van der Waals surface area (Å²) in [4.78, 5) is 30.1. The Kier molecular flexibility index (Phi) is 12.8. The minimum Gasteiger partial charge on any atom is -0.497 e.